The topological polar surface area (TPSA) is 138 Å². The average molecular weight is 501 g/mol. The number of benzene rings is 2. The molecule has 1 heterocycles. The van der Waals surface area contributed by atoms with E-state index in [1.54, 1.807) is 38.1 Å². The van der Waals surface area contributed by atoms with Gasteiger partial charge in [-0.15, -0.1) is 0 Å². The molecule has 3 rings (SSSR count). The van der Waals surface area contributed by atoms with Gasteiger partial charge in [0.15, 0.2) is 11.6 Å². The SMILES string of the molecule is CC(C)(O)CCC(C[C@H](O)[C@H](Cc1ccc(F)c(F)c1)NC(=O)c1cnc2ccccc2n1)C(N)=O. The highest BCUT2D eigenvalue weighted by Gasteiger charge is 2.29. The number of nitrogens with one attached hydrogen (secondary N) is 1. The molecule has 0 bridgehead atoms. The van der Waals surface area contributed by atoms with E-state index < -0.39 is 47.1 Å². The van der Waals surface area contributed by atoms with E-state index in [0.29, 0.717) is 16.6 Å². The van der Waals surface area contributed by atoms with Crippen molar-refractivity contribution in [3.63, 3.8) is 0 Å². The second-order valence-electron chi connectivity index (χ2n) is 9.53. The van der Waals surface area contributed by atoms with Gasteiger partial charge in [0.25, 0.3) is 5.91 Å². The molecule has 10 heteroatoms. The van der Waals surface area contributed by atoms with Crippen LogP contribution in [0.15, 0.2) is 48.7 Å². The summed E-state index contributed by atoms with van der Waals surface area (Å²) in [7, 11) is 0. The van der Waals surface area contributed by atoms with Crippen LogP contribution in [0.4, 0.5) is 8.78 Å². The molecule has 8 nitrogen and oxygen atoms in total. The summed E-state index contributed by atoms with van der Waals surface area (Å²) in [6.45, 7) is 3.19. The zero-order chi connectivity index (χ0) is 26.5. The Labute approximate surface area is 207 Å². The number of nitrogens with two attached hydrogens (primary N) is 1. The monoisotopic (exact) mass is 500 g/mol. The quantitative estimate of drug-likeness (QED) is 0.319. The molecular formula is C26H30F2N4O4. The number of amides is 2. The molecule has 2 amide bonds. The van der Waals surface area contributed by atoms with Gasteiger partial charge in [0, 0.05) is 5.92 Å². The van der Waals surface area contributed by atoms with Gasteiger partial charge in [0.05, 0.1) is 35.0 Å². The second-order valence-corrected chi connectivity index (χ2v) is 9.53. The minimum Gasteiger partial charge on any atom is -0.391 e. The highest BCUT2D eigenvalue weighted by molar-refractivity contribution is 5.94. The molecule has 0 aliphatic carbocycles. The van der Waals surface area contributed by atoms with Crippen LogP contribution in [0.25, 0.3) is 11.0 Å². The van der Waals surface area contributed by atoms with E-state index in [2.05, 4.69) is 15.3 Å². The summed E-state index contributed by atoms with van der Waals surface area (Å²) in [5.41, 5.74) is 5.92. The first-order valence-corrected chi connectivity index (χ1v) is 11.6. The van der Waals surface area contributed by atoms with Gasteiger partial charge in [-0.05, 0) is 69.4 Å². The van der Waals surface area contributed by atoms with Crippen molar-refractivity contribution in [3.8, 4) is 0 Å². The number of aliphatic hydroxyl groups is 2. The Morgan fingerprint density at radius 3 is 2.44 bits per heavy atom. The zero-order valence-electron chi connectivity index (χ0n) is 20.1. The molecule has 0 radical (unpaired) electrons. The van der Waals surface area contributed by atoms with Crippen LogP contribution in [0, 0.1) is 17.6 Å². The van der Waals surface area contributed by atoms with Crippen molar-refractivity contribution in [2.24, 2.45) is 11.7 Å². The molecule has 0 spiro atoms. The van der Waals surface area contributed by atoms with E-state index in [-0.39, 0.29) is 31.4 Å². The standard InChI is InChI=1S/C26H30F2N4O4/c1-26(2,36)10-9-16(24(29)34)13-23(33)21(12-15-7-8-17(27)18(28)11-15)32-25(35)22-14-30-19-5-3-4-6-20(19)31-22/h3-8,11,14,16,21,23,33,36H,9-10,12-13H2,1-2H3,(H2,29,34)(H,32,35)/t16?,21-,23-/m0/s1. The van der Waals surface area contributed by atoms with Gasteiger partial charge in [0.2, 0.25) is 5.91 Å². The molecule has 2 aromatic carbocycles. The number of rotatable bonds is 11. The lowest BCUT2D eigenvalue weighted by atomic mass is 9.87. The van der Waals surface area contributed by atoms with Gasteiger partial charge in [-0.1, -0.05) is 18.2 Å². The van der Waals surface area contributed by atoms with E-state index in [0.717, 1.165) is 12.1 Å². The summed E-state index contributed by atoms with van der Waals surface area (Å²) in [5.74, 6) is -4.15. The van der Waals surface area contributed by atoms with E-state index in [1.807, 2.05) is 0 Å². The molecule has 0 aliphatic rings. The van der Waals surface area contributed by atoms with Crippen LogP contribution in [0.1, 0.15) is 49.2 Å². The van der Waals surface area contributed by atoms with Crippen LogP contribution in [0.2, 0.25) is 0 Å². The van der Waals surface area contributed by atoms with Gasteiger partial charge < -0.3 is 21.3 Å². The van der Waals surface area contributed by atoms with Crippen LogP contribution >= 0.6 is 0 Å². The first-order valence-electron chi connectivity index (χ1n) is 11.6. The maximum Gasteiger partial charge on any atom is 0.271 e. The summed E-state index contributed by atoms with van der Waals surface area (Å²) in [4.78, 5) is 33.5. The smallest absolute Gasteiger partial charge is 0.271 e. The number of hydrogen-bond donors (Lipinski definition) is 4. The molecular weight excluding hydrogens is 470 g/mol. The van der Waals surface area contributed by atoms with Gasteiger partial charge in [-0.3, -0.25) is 14.6 Å². The number of carbonyl (C=O) groups excluding carboxylic acids is 2. The summed E-state index contributed by atoms with van der Waals surface area (Å²) >= 11 is 0. The van der Waals surface area contributed by atoms with Crippen molar-refractivity contribution in [1.82, 2.24) is 15.3 Å². The lowest BCUT2D eigenvalue weighted by Gasteiger charge is -2.28. The molecule has 0 saturated carbocycles. The minimum absolute atomic E-state index is 0.00432. The number of hydrogen-bond acceptors (Lipinski definition) is 6. The van der Waals surface area contributed by atoms with Crippen molar-refractivity contribution in [2.75, 3.05) is 0 Å². The van der Waals surface area contributed by atoms with Crippen molar-refractivity contribution in [1.29, 1.82) is 0 Å². The lowest BCUT2D eigenvalue weighted by molar-refractivity contribution is -0.123. The van der Waals surface area contributed by atoms with Crippen LogP contribution in [0.5, 0.6) is 0 Å². The molecule has 1 aromatic heterocycles. The van der Waals surface area contributed by atoms with Gasteiger partial charge in [-0.25, -0.2) is 13.8 Å². The van der Waals surface area contributed by atoms with Gasteiger partial charge in [0.1, 0.15) is 5.69 Å². The van der Waals surface area contributed by atoms with Gasteiger partial charge >= 0.3 is 0 Å². The lowest BCUT2D eigenvalue weighted by Crippen LogP contribution is -2.46. The Balaban J connectivity index is 1.83. The van der Waals surface area contributed by atoms with Crippen molar-refractivity contribution < 1.29 is 28.6 Å². The normalized spacial score (nSPS) is 14.3. The third-order valence-electron chi connectivity index (χ3n) is 5.93. The fourth-order valence-electron chi connectivity index (χ4n) is 3.87. The van der Waals surface area contributed by atoms with E-state index >= 15 is 0 Å². The number of halogens is 2. The number of aliphatic hydroxyl groups excluding tert-OH is 1. The van der Waals surface area contributed by atoms with Crippen LogP contribution in [0.3, 0.4) is 0 Å². The average Bonchev–Trinajstić information content (AvgIpc) is 2.82. The summed E-state index contributed by atoms with van der Waals surface area (Å²) in [6.07, 6.45) is 0.354. The molecule has 3 aromatic rings. The summed E-state index contributed by atoms with van der Waals surface area (Å²) in [5, 5.41) is 23.7. The Hall–Kier alpha value is -3.50. The molecule has 0 saturated heterocycles. The fourth-order valence-corrected chi connectivity index (χ4v) is 3.87. The molecule has 192 valence electrons. The van der Waals surface area contributed by atoms with Gasteiger partial charge in [-0.2, -0.15) is 0 Å². The van der Waals surface area contributed by atoms with Crippen LogP contribution in [-0.2, 0) is 11.2 Å². The van der Waals surface area contributed by atoms with Crippen molar-refractivity contribution >= 4 is 22.8 Å². The van der Waals surface area contributed by atoms with Crippen molar-refractivity contribution in [2.45, 2.75) is 57.3 Å². The highest BCUT2D eigenvalue weighted by atomic mass is 19.2. The predicted octanol–water partition coefficient (Wildman–Crippen LogP) is 2.65. The zero-order valence-corrected chi connectivity index (χ0v) is 20.1. The third kappa shape index (κ3) is 7.50. The molecule has 5 N–H and O–H groups in total. The third-order valence-corrected chi connectivity index (χ3v) is 5.93. The Bertz CT molecular complexity index is 1230. The maximum absolute atomic E-state index is 13.8. The first-order chi connectivity index (χ1) is 16.9. The molecule has 0 fully saturated rings. The number of para-hydroxylation sites is 2. The number of primary amides is 1. The summed E-state index contributed by atoms with van der Waals surface area (Å²) in [6, 6.07) is 9.30. The number of fused-ring (bicyclic) bond motifs is 1. The fraction of sp³-hybridized carbons (Fsp3) is 0.385. The number of nitrogens with zero attached hydrogens (tertiary/aromatic N) is 2. The van der Waals surface area contributed by atoms with E-state index in [1.165, 1.54) is 12.3 Å². The molecule has 1 unspecified atom stereocenters. The maximum atomic E-state index is 13.8. The Morgan fingerprint density at radius 2 is 1.81 bits per heavy atom. The first kappa shape index (κ1) is 27.1. The largest absolute Gasteiger partial charge is 0.391 e. The summed E-state index contributed by atoms with van der Waals surface area (Å²) < 4.78 is 27.2. The number of aromatic nitrogens is 2. The van der Waals surface area contributed by atoms with E-state index in [4.69, 9.17) is 5.73 Å². The van der Waals surface area contributed by atoms with Crippen molar-refractivity contribution in [3.05, 3.63) is 71.6 Å². The predicted molar refractivity (Wildman–Crippen MR) is 130 cm³/mol. The molecule has 0 aliphatic heterocycles. The number of carbonyl (C=O) groups is 2. The molecule has 3 atom stereocenters. The Kier molecular flexibility index (Phi) is 8.65. The van der Waals surface area contributed by atoms with Crippen LogP contribution in [-0.4, -0.2) is 49.7 Å². The highest BCUT2D eigenvalue weighted by Crippen LogP contribution is 2.22. The molecule has 36 heavy (non-hydrogen) atoms. The Morgan fingerprint density at radius 1 is 1.11 bits per heavy atom. The second kappa shape index (κ2) is 11.5. The minimum atomic E-state index is -1.27. The van der Waals surface area contributed by atoms with Crippen LogP contribution < -0.4 is 11.1 Å². The van der Waals surface area contributed by atoms with E-state index in [9.17, 15) is 28.6 Å².